The molecule has 0 spiro atoms. The third-order valence-electron chi connectivity index (χ3n) is 8.10. The number of hydrogen-bond acceptors (Lipinski definition) is 5. The number of Topliss-reactive ketones (excluding diaryl/α,β-unsaturated/α-hetero) is 1. The zero-order valence-electron chi connectivity index (χ0n) is 21.7. The minimum Gasteiger partial charge on any atom is -0.368 e. The standard InChI is InChI=1S/C34H26N4O2/c35-33(40)27-11-4-3-10-24(27)22-17-29-32(30(39)18-22)28(37-34(36)38-29)16-21-8-5-7-20-13-14-25-23-9-2-1-6-19(23)12-15-26(25)31(20)21/h1-15,22H,16-18H2,(H2,35,40)(H2,36,37,38). The van der Waals surface area contributed by atoms with Crippen LogP contribution in [0.5, 0.6) is 0 Å². The highest BCUT2D eigenvalue weighted by molar-refractivity contribution is 6.18. The molecular weight excluding hydrogens is 496 g/mol. The molecular formula is C34H26N4O2. The summed E-state index contributed by atoms with van der Waals surface area (Å²) in [5.41, 5.74) is 15.9. The predicted octanol–water partition coefficient (Wildman–Crippen LogP) is 6.12. The molecule has 1 atom stereocenters. The van der Waals surface area contributed by atoms with Crippen molar-refractivity contribution in [3.8, 4) is 0 Å². The molecule has 0 aliphatic heterocycles. The fourth-order valence-corrected chi connectivity index (χ4v) is 6.39. The van der Waals surface area contributed by atoms with Crippen LogP contribution in [0.2, 0.25) is 0 Å². The Kier molecular flexibility index (Phi) is 5.56. The summed E-state index contributed by atoms with van der Waals surface area (Å²) in [6, 6.07) is 30.5. The summed E-state index contributed by atoms with van der Waals surface area (Å²) >= 11 is 0. The van der Waals surface area contributed by atoms with Crippen molar-refractivity contribution in [3.05, 3.63) is 125 Å². The molecule has 1 aromatic heterocycles. The van der Waals surface area contributed by atoms with E-state index in [1.165, 1.54) is 16.2 Å². The first-order valence-corrected chi connectivity index (χ1v) is 13.4. The number of hydrogen-bond donors (Lipinski definition) is 2. The molecule has 1 unspecified atom stereocenters. The maximum atomic E-state index is 13.7. The van der Waals surface area contributed by atoms with Crippen LogP contribution in [0.3, 0.4) is 0 Å². The van der Waals surface area contributed by atoms with E-state index < -0.39 is 5.91 Å². The second kappa shape index (κ2) is 9.27. The van der Waals surface area contributed by atoms with Gasteiger partial charge in [-0.05, 0) is 61.8 Å². The summed E-state index contributed by atoms with van der Waals surface area (Å²) < 4.78 is 0. The van der Waals surface area contributed by atoms with Gasteiger partial charge in [-0.3, -0.25) is 9.59 Å². The molecule has 1 amide bonds. The van der Waals surface area contributed by atoms with Gasteiger partial charge in [0, 0.05) is 18.4 Å². The number of primary amides is 1. The van der Waals surface area contributed by atoms with E-state index in [2.05, 4.69) is 70.6 Å². The minimum atomic E-state index is -0.507. The van der Waals surface area contributed by atoms with Crippen LogP contribution in [0.15, 0.2) is 91.0 Å². The average Bonchev–Trinajstić information content (AvgIpc) is 2.96. The highest BCUT2D eigenvalue weighted by Gasteiger charge is 2.32. The number of ketones is 1. The molecule has 6 nitrogen and oxygen atoms in total. The summed E-state index contributed by atoms with van der Waals surface area (Å²) in [4.78, 5) is 34.8. The van der Waals surface area contributed by atoms with Crippen molar-refractivity contribution in [2.75, 3.05) is 5.73 Å². The molecule has 1 heterocycles. The summed E-state index contributed by atoms with van der Waals surface area (Å²) in [5.74, 6) is -0.619. The number of benzene rings is 5. The molecule has 40 heavy (non-hydrogen) atoms. The lowest BCUT2D eigenvalue weighted by Gasteiger charge is -2.26. The normalized spacial score (nSPS) is 15.0. The van der Waals surface area contributed by atoms with Crippen molar-refractivity contribution >= 4 is 50.0 Å². The molecule has 0 saturated heterocycles. The van der Waals surface area contributed by atoms with Gasteiger partial charge in [-0.1, -0.05) is 84.9 Å². The monoisotopic (exact) mass is 522 g/mol. The molecule has 194 valence electrons. The molecule has 6 heteroatoms. The number of nitrogens with zero attached hydrogens (tertiary/aromatic N) is 2. The second-order valence-corrected chi connectivity index (χ2v) is 10.5. The van der Waals surface area contributed by atoms with Crippen LogP contribution in [0.4, 0.5) is 5.95 Å². The molecule has 0 saturated carbocycles. The first-order valence-electron chi connectivity index (χ1n) is 13.4. The van der Waals surface area contributed by atoms with Gasteiger partial charge >= 0.3 is 0 Å². The van der Waals surface area contributed by atoms with Gasteiger partial charge in [0.1, 0.15) is 0 Å². The Morgan fingerprint density at radius 2 is 1.52 bits per heavy atom. The summed E-state index contributed by atoms with van der Waals surface area (Å²) in [6.07, 6.45) is 1.18. The Bertz CT molecular complexity index is 2010. The van der Waals surface area contributed by atoms with Crippen molar-refractivity contribution in [2.24, 2.45) is 5.73 Å². The number of amides is 1. The Balaban J connectivity index is 1.35. The number of fused-ring (bicyclic) bond motifs is 6. The van der Waals surface area contributed by atoms with Crippen LogP contribution in [-0.2, 0) is 12.8 Å². The lowest BCUT2D eigenvalue weighted by molar-refractivity contribution is 0.0954. The van der Waals surface area contributed by atoms with Gasteiger partial charge in [0.05, 0.1) is 17.0 Å². The van der Waals surface area contributed by atoms with Crippen LogP contribution in [0, 0.1) is 0 Å². The van der Waals surface area contributed by atoms with E-state index in [0.29, 0.717) is 35.4 Å². The maximum absolute atomic E-state index is 13.7. The van der Waals surface area contributed by atoms with E-state index in [4.69, 9.17) is 11.5 Å². The SMILES string of the molecule is NC(=O)c1ccccc1C1CC(=O)c2c(Cc3cccc4ccc5c6ccccc6ccc5c34)nc(N)nc2C1. The number of carbonyl (C=O) groups is 2. The molecule has 7 rings (SSSR count). The number of nitrogen functional groups attached to an aromatic ring is 1. The smallest absolute Gasteiger partial charge is 0.248 e. The van der Waals surface area contributed by atoms with Crippen LogP contribution in [0.1, 0.15) is 55.6 Å². The predicted molar refractivity (Wildman–Crippen MR) is 159 cm³/mol. The van der Waals surface area contributed by atoms with Crippen molar-refractivity contribution in [1.82, 2.24) is 9.97 Å². The van der Waals surface area contributed by atoms with E-state index in [0.717, 1.165) is 27.3 Å². The van der Waals surface area contributed by atoms with E-state index >= 15 is 0 Å². The van der Waals surface area contributed by atoms with Crippen LogP contribution >= 0.6 is 0 Å². The molecule has 1 aliphatic carbocycles. The molecule has 5 aromatic carbocycles. The Labute approximate surface area is 230 Å². The molecule has 4 N–H and O–H groups in total. The van der Waals surface area contributed by atoms with Crippen LogP contribution < -0.4 is 11.5 Å². The topological polar surface area (TPSA) is 112 Å². The zero-order valence-corrected chi connectivity index (χ0v) is 21.7. The van der Waals surface area contributed by atoms with Crippen LogP contribution in [-0.4, -0.2) is 21.7 Å². The van der Waals surface area contributed by atoms with Gasteiger partial charge in [0.2, 0.25) is 11.9 Å². The first kappa shape index (κ1) is 24.0. The quantitative estimate of drug-likeness (QED) is 0.271. The highest BCUT2D eigenvalue weighted by Crippen LogP contribution is 2.37. The molecule has 0 bridgehead atoms. The third kappa shape index (κ3) is 3.88. The first-order chi connectivity index (χ1) is 19.5. The van der Waals surface area contributed by atoms with Crippen molar-refractivity contribution in [3.63, 3.8) is 0 Å². The van der Waals surface area contributed by atoms with Gasteiger partial charge in [0.25, 0.3) is 0 Å². The summed E-state index contributed by atoms with van der Waals surface area (Å²) in [5, 5.41) is 7.03. The molecule has 0 fully saturated rings. The van der Waals surface area contributed by atoms with Crippen molar-refractivity contribution in [1.29, 1.82) is 0 Å². The maximum Gasteiger partial charge on any atom is 0.248 e. The zero-order chi connectivity index (χ0) is 27.4. The molecule has 0 radical (unpaired) electrons. The molecule has 1 aliphatic rings. The summed E-state index contributed by atoms with van der Waals surface area (Å²) in [6.45, 7) is 0. The Hall–Kier alpha value is -5.10. The second-order valence-electron chi connectivity index (χ2n) is 10.5. The van der Waals surface area contributed by atoms with Gasteiger partial charge in [-0.2, -0.15) is 0 Å². The van der Waals surface area contributed by atoms with Gasteiger partial charge in [-0.15, -0.1) is 0 Å². The van der Waals surface area contributed by atoms with Gasteiger partial charge in [-0.25, -0.2) is 9.97 Å². The summed E-state index contributed by atoms with van der Waals surface area (Å²) in [7, 11) is 0. The third-order valence-corrected chi connectivity index (χ3v) is 8.10. The lowest BCUT2D eigenvalue weighted by Crippen LogP contribution is -2.25. The van der Waals surface area contributed by atoms with Gasteiger partial charge in [0.15, 0.2) is 5.78 Å². The number of anilines is 1. The van der Waals surface area contributed by atoms with E-state index in [9.17, 15) is 9.59 Å². The highest BCUT2D eigenvalue weighted by atomic mass is 16.1. The number of carbonyl (C=O) groups excluding carboxylic acids is 2. The van der Waals surface area contributed by atoms with E-state index in [1.54, 1.807) is 12.1 Å². The van der Waals surface area contributed by atoms with E-state index in [1.807, 2.05) is 18.2 Å². The van der Waals surface area contributed by atoms with E-state index in [-0.39, 0.29) is 24.1 Å². The average molecular weight is 523 g/mol. The fourth-order valence-electron chi connectivity index (χ4n) is 6.39. The number of rotatable bonds is 4. The Morgan fingerprint density at radius 3 is 2.40 bits per heavy atom. The van der Waals surface area contributed by atoms with Gasteiger partial charge < -0.3 is 11.5 Å². The number of aromatic nitrogens is 2. The largest absolute Gasteiger partial charge is 0.368 e. The number of nitrogens with two attached hydrogens (primary N) is 2. The van der Waals surface area contributed by atoms with Crippen LogP contribution in [0.25, 0.3) is 32.3 Å². The fraction of sp³-hybridized carbons (Fsp3) is 0.118. The lowest BCUT2D eigenvalue weighted by atomic mass is 9.79. The van der Waals surface area contributed by atoms with Crippen molar-refractivity contribution in [2.45, 2.75) is 25.2 Å². The minimum absolute atomic E-state index is 0.0448. The Morgan fingerprint density at radius 1 is 0.775 bits per heavy atom. The molecule has 6 aromatic rings. The van der Waals surface area contributed by atoms with Crippen molar-refractivity contribution < 1.29 is 9.59 Å².